The molecule has 0 saturated carbocycles. The standard InChI is InChI=1S/C17H11ClN2O2/c1-20-15-7-4-12(10-19)8-14(15)16(22-17(20)21)9-11-2-5-13(18)6-3-11/h2-9H,1H3/b16-9-. The number of rotatable bonds is 1. The van der Waals surface area contributed by atoms with Crippen LogP contribution in [0.25, 0.3) is 11.8 Å². The number of hydrogen-bond donors (Lipinski definition) is 0. The number of nitriles is 1. The van der Waals surface area contributed by atoms with Gasteiger partial charge in [-0.05, 0) is 42.0 Å². The Bertz CT molecular complexity index is 820. The lowest BCUT2D eigenvalue weighted by Gasteiger charge is -2.27. The first-order chi connectivity index (χ1) is 10.6. The molecule has 4 nitrogen and oxygen atoms in total. The number of cyclic esters (lactones) is 1. The molecular weight excluding hydrogens is 300 g/mol. The van der Waals surface area contributed by atoms with E-state index in [1.165, 1.54) is 4.90 Å². The molecule has 0 unspecified atom stereocenters. The predicted molar refractivity (Wildman–Crippen MR) is 85.4 cm³/mol. The molecule has 1 aliphatic rings. The van der Waals surface area contributed by atoms with Crippen LogP contribution in [-0.4, -0.2) is 13.1 Å². The van der Waals surface area contributed by atoms with Gasteiger partial charge in [-0.3, -0.25) is 4.90 Å². The van der Waals surface area contributed by atoms with E-state index in [4.69, 9.17) is 21.6 Å². The molecule has 2 aromatic rings. The van der Waals surface area contributed by atoms with Gasteiger partial charge < -0.3 is 4.74 Å². The molecule has 0 bridgehead atoms. The summed E-state index contributed by atoms with van der Waals surface area (Å²) >= 11 is 5.87. The largest absolute Gasteiger partial charge is 0.419 e. The average Bonchev–Trinajstić information content (AvgIpc) is 2.54. The number of carbonyl (C=O) groups is 1. The van der Waals surface area contributed by atoms with Gasteiger partial charge in [0, 0.05) is 17.6 Å². The molecule has 1 aliphatic heterocycles. The summed E-state index contributed by atoms with van der Waals surface area (Å²) in [5.41, 5.74) is 2.77. The summed E-state index contributed by atoms with van der Waals surface area (Å²) in [6, 6.07) is 14.4. The van der Waals surface area contributed by atoms with E-state index >= 15 is 0 Å². The monoisotopic (exact) mass is 310 g/mol. The van der Waals surface area contributed by atoms with Gasteiger partial charge in [0.25, 0.3) is 0 Å². The summed E-state index contributed by atoms with van der Waals surface area (Å²) in [4.78, 5) is 13.4. The Hall–Kier alpha value is -2.77. The van der Waals surface area contributed by atoms with Crippen molar-refractivity contribution in [3.8, 4) is 6.07 Å². The van der Waals surface area contributed by atoms with Crippen molar-refractivity contribution in [2.75, 3.05) is 11.9 Å². The molecule has 2 aromatic carbocycles. The molecule has 0 fully saturated rings. The molecule has 0 radical (unpaired) electrons. The molecule has 3 rings (SSSR count). The number of hydrogen-bond acceptors (Lipinski definition) is 3. The van der Waals surface area contributed by atoms with Gasteiger partial charge in [-0.25, -0.2) is 4.79 Å². The van der Waals surface area contributed by atoms with Crippen LogP contribution in [0.3, 0.4) is 0 Å². The van der Waals surface area contributed by atoms with Crippen LogP contribution in [0.1, 0.15) is 16.7 Å². The molecular formula is C17H11ClN2O2. The van der Waals surface area contributed by atoms with Gasteiger partial charge in [0.1, 0.15) is 5.76 Å². The lowest BCUT2D eigenvalue weighted by molar-refractivity contribution is 0.199. The number of nitrogens with zero attached hydrogens (tertiary/aromatic N) is 2. The van der Waals surface area contributed by atoms with Crippen molar-refractivity contribution in [3.63, 3.8) is 0 Å². The van der Waals surface area contributed by atoms with Gasteiger partial charge in [0.15, 0.2) is 0 Å². The Morgan fingerprint density at radius 2 is 1.95 bits per heavy atom. The molecule has 1 amide bonds. The summed E-state index contributed by atoms with van der Waals surface area (Å²) in [5, 5.41) is 9.69. The fourth-order valence-electron chi connectivity index (χ4n) is 2.23. The van der Waals surface area contributed by atoms with E-state index in [9.17, 15) is 4.79 Å². The van der Waals surface area contributed by atoms with Crippen molar-refractivity contribution in [3.05, 3.63) is 64.2 Å². The van der Waals surface area contributed by atoms with Gasteiger partial charge >= 0.3 is 6.09 Å². The number of anilines is 1. The Morgan fingerprint density at radius 1 is 1.23 bits per heavy atom. The van der Waals surface area contributed by atoms with Crippen LogP contribution >= 0.6 is 11.6 Å². The van der Waals surface area contributed by atoms with Crippen molar-refractivity contribution in [2.24, 2.45) is 0 Å². The second kappa shape index (κ2) is 5.55. The van der Waals surface area contributed by atoms with Crippen molar-refractivity contribution in [1.29, 1.82) is 5.26 Å². The minimum absolute atomic E-state index is 0.414. The van der Waals surface area contributed by atoms with Gasteiger partial charge in [-0.15, -0.1) is 0 Å². The van der Waals surface area contributed by atoms with Crippen LogP contribution in [0, 0.1) is 11.3 Å². The molecule has 22 heavy (non-hydrogen) atoms. The summed E-state index contributed by atoms with van der Waals surface area (Å²) in [6.45, 7) is 0. The molecule has 1 heterocycles. The molecule has 0 atom stereocenters. The SMILES string of the molecule is CN1C(=O)O/C(=C\c2ccc(Cl)cc2)c2cc(C#N)ccc21. The maximum absolute atomic E-state index is 11.9. The lowest BCUT2D eigenvalue weighted by atomic mass is 10.0. The van der Waals surface area contributed by atoms with E-state index in [0.717, 1.165) is 5.56 Å². The summed E-state index contributed by atoms with van der Waals surface area (Å²) < 4.78 is 5.36. The molecule has 0 aliphatic carbocycles. The first-order valence-electron chi connectivity index (χ1n) is 6.56. The highest BCUT2D eigenvalue weighted by Crippen LogP contribution is 2.35. The second-order valence-electron chi connectivity index (χ2n) is 4.83. The molecule has 0 spiro atoms. The number of fused-ring (bicyclic) bond motifs is 1. The average molecular weight is 311 g/mol. The third-order valence-electron chi connectivity index (χ3n) is 3.39. The number of carbonyl (C=O) groups excluding carboxylic acids is 1. The Balaban J connectivity index is 2.13. The quantitative estimate of drug-likeness (QED) is 0.789. The zero-order valence-corrected chi connectivity index (χ0v) is 12.5. The molecule has 0 saturated heterocycles. The topological polar surface area (TPSA) is 53.3 Å². The van der Waals surface area contributed by atoms with Crippen molar-refractivity contribution >= 4 is 35.2 Å². The zero-order chi connectivity index (χ0) is 15.7. The zero-order valence-electron chi connectivity index (χ0n) is 11.7. The number of benzene rings is 2. The maximum atomic E-state index is 11.9. The highest BCUT2D eigenvalue weighted by molar-refractivity contribution is 6.30. The Labute approximate surface area is 132 Å². The van der Waals surface area contributed by atoms with Gasteiger partial charge in [0.2, 0.25) is 0 Å². The smallest absolute Gasteiger partial charge is 0.409 e. The van der Waals surface area contributed by atoms with Crippen molar-refractivity contribution in [1.82, 2.24) is 0 Å². The number of ether oxygens (including phenoxy) is 1. The van der Waals surface area contributed by atoms with Gasteiger partial charge in [0.05, 0.1) is 17.3 Å². The minimum atomic E-state index is -0.461. The van der Waals surface area contributed by atoms with Crippen LogP contribution in [-0.2, 0) is 4.74 Å². The Kier molecular flexibility index (Phi) is 3.58. The second-order valence-corrected chi connectivity index (χ2v) is 5.27. The van der Waals surface area contributed by atoms with Gasteiger partial charge in [-0.2, -0.15) is 5.26 Å². The maximum Gasteiger partial charge on any atom is 0.419 e. The van der Waals surface area contributed by atoms with Crippen LogP contribution < -0.4 is 4.90 Å². The summed E-state index contributed by atoms with van der Waals surface area (Å²) in [7, 11) is 1.63. The number of amides is 1. The van der Waals surface area contributed by atoms with E-state index in [1.54, 1.807) is 43.5 Å². The fraction of sp³-hybridized carbons (Fsp3) is 0.0588. The molecule has 0 N–H and O–H groups in total. The highest BCUT2D eigenvalue weighted by Gasteiger charge is 2.26. The molecule has 0 aromatic heterocycles. The van der Waals surface area contributed by atoms with E-state index in [2.05, 4.69) is 6.07 Å². The fourth-order valence-corrected chi connectivity index (χ4v) is 2.35. The highest BCUT2D eigenvalue weighted by atomic mass is 35.5. The van der Waals surface area contributed by atoms with Crippen LogP contribution in [0.5, 0.6) is 0 Å². The molecule has 5 heteroatoms. The summed E-state index contributed by atoms with van der Waals surface area (Å²) in [6.07, 6.45) is 1.29. The lowest BCUT2D eigenvalue weighted by Crippen LogP contribution is -2.31. The first kappa shape index (κ1) is 14.2. The number of halogens is 1. The third kappa shape index (κ3) is 2.54. The van der Waals surface area contributed by atoms with E-state index < -0.39 is 6.09 Å². The third-order valence-corrected chi connectivity index (χ3v) is 3.64. The van der Waals surface area contributed by atoms with Crippen LogP contribution in [0.2, 0.25) is 5.02 Å². The molecule has 108 valence electrons. The van der Waals surface area contributed by atoms with Crippen molar-refractivity contribution < 1.29 is 9.53 Å². The summed E-state index contributed by atoms with van der Waals surface area (Å²) in [5.74, 6) is 0.414. The van der Waals surface area contributed by atoms with Gasteiger partial charge in [-0.1, -0.05) is 23.7 Å². The minimum Gasteiger partial charge on any atom is -0.409 e. The van der Waals surface area contributed by atoms with E-state index in [-0.39, 0.29) is 0 Å². The first-order valence-corrected chi connectivity index (χ1v) is 6.93. The van der Waals surface area contributed by atoms with Crippen molar-refractivity contribution in [2.45, 2.75) is 0 Å². The van der Waals surface area contributed by atoms with Crippen LogP contribution in [0.4, 0.5) is 10.5 Å². The van der Waals surface area contributed by atoms with E-state index in [1.807, 2.05) is 12.1 Å². The van der Waals surface area contributed by atoms with Crippen LogP contribution in [0.15, 0.2) is 42.5 Å². The normalized spacial score (nSPS) is 15.2. The predicted octanol–water partition coefficient (Wildman–Crippen LogP) is 4.30. The Morgan fingerprint density at radius 3 is 2.64 bits per heavy atom. The van der Waals surface area contributed by atoms with E-state index in [0.29, 0.717) is 27.6 Å².